The van der Waals surface area contributed by atoms with Gasteiger partial charge in [0.05, 0.1) is 34.5 Å². The van der Waals surface area contributed by atoms with Crippen LogP contribution in [0.2, 0.25) is 5.02 Å². The van der Waals surface area contributed by atoms with Crippen molar-refractivity contribution in [2.45, 2.75) is 31.8 Å². The number of aryl methyl sites for hydroxylation is 1. The Hall–Kier alpha value is -2.15. The van der Waals surface area contributed by atoms with Crippen LogP contribution in [0.1, 0.15) is 36.0 Å². The molecule has 1 unspecified atom stereocenters. The molecular formula is C23H29ClN6. The maximum absolute atomic E-state index is 6.52. The molecule has 3 aromatic rings. The van der Waals surface area contributed by atoms with Gasteiger partial charge < -0.3 is 14.8 Å². The fraction of sp³-hybridized carbons (Fsp3) is 0.478. The lowest BCUT2D eigenvalue weighted by Gasteiger charge is -2.34. The van der Waals surface area contributed by atoms with E-state index in [9.17, 15) is 0 Å². The van der Waals surface area contributed by atoms with E-state index in [2.05, 4.69) is 45.9 Å². The topological polar surface area (TPSA) is 51.3 Å². The summed E-state index contributed by atoms with van der Waals surface area (Å²) < 4.78 is 0. The molecule has 3 heterocycles. The number of rotatable bonds is 4. The molecule has 0 amide bonds. The van der Waals surface area contributed by atoms with Gasteiger partial charge in [0.1, 0.15) is 11.3 Å². The first-order valence-electron chi connectivity index (χ1n) is 10.8. The van der Waals surface area contributed by atoms with E-state index in [1.807, 2.05) is 18.3 Å². The third-order valence-corrected chi connectivity index (χ3v) is 6.87. The molecule has 1 aromatic carbocycles. The molecule has 1 N–H and O–H groups in total. The Morgan fingerprint density at radius 2 is 2.03 bits per heavy atom. The first-order valence-corrected chi connectivity index (χ1v) is 11.2. The van der Waals surface area contributed by atoms with E-state index in [1.165, 1.54) is 23.4 Å². The highest BCUT2D eigenvalue weighted by Crippen LogP contribution is 2.34. The van der Waals surface area contributed by atoms with Crippen LogP contribution in [0.4, 0.5) is 5.69 Å². The highest BCUT2D eigenvalue weighted by molar-refractivity contribution is 6.35. The molecule has 1 aliphatic heterocycles. The summed E-state index contributed by atoms with van der Waals surface area (Å²) in [6.45, 7) is 4.93. The Bertz CT molecular complexity index is 1040. The number of hydrogen-bond acceptors (Lipinski definition) is 5. The minimum absolute atomic E-state index is 0.329. The lowest BCUT2D eigenvalue weighted by atomic mass is 9.91. The van der Waals surface area contributed by atoms with Crippen LogP contribution in [0.15, 0.2) is 30.5 Å². The van der Waals surface area contributed by atoms with Crippen molar-refractivity contribution >= 4 is 28.3 Å². The van der Waals surface area contributed by atoms with E-state index in [-0.39, 0.29) is 0 Å². The molecule has 0 bridgehead atoms. The van der Waals surface area contributed by atoms with Crippen LogP contribution in [0.25, 0.3) is 11.0 Å². The number of nitrogens with one attached hydrogen (secondary N) is 1. The Morgan fingerprint density at radius 1 is 1.20 bits per heavy atom. The summed E-state index contributed by atoms with van der Waals surface area (Å²) in [5.41, 5.74) is 5.73. The smallest absolute Gasteiger partial charge is 0.121 e. The van der Waals surface area contributed by atoms with E-state index >= 15 is 0 Å². The zero-order valence-corrected chi connectivity index (χ0v) is 18.5. The number of nitrogens with zero attached hydrogens (tertiary/aromatic N) is 5. The van der Waals surface area contributed by atoms with Crippen molar-refractivity contribution in [1.29, 1.82) is 0 Å². The molecule has 30 heavy (non-hydrogen) atoms. The number of anilines is 1. The second-order valence-electron chi connectivity index (χ2n) is 8.63. The molecule has 7 heteroatoms. The summed E-state index contributed by atoms with van der Waals surface area (Å²) in [4.78, 5) is 20.4. The van der Waals surface area contributed by atoms with Crippen LogP contribution < -0.4 is 4.90 Å². The minimum atomic E-state index is 0.329. The Kier molecular flexibility index (Phi) is 5.39. The average Bonchev–Trinajstić information content (AvgIpc) is 3.19. The largest absolute Gasteiger partial charge is 0.367 e. The van der Waals surface area contributed by atoms with Gasteiger partial charge in [-0.25, -0.2) is 4.98 Å². The lowest BCUT2D eigenvalue weighted by Crippen LogP contribution is -2.44. The standard InChI is InChI=1S/C23H29ClN6/c1-28-11-13-30(14-12-28)19-9-8-17(24)22-23(19)27-20(26-22)15-29(2)18-7-3-5-16-6-4-10-25-21(16)18/h4,6,8-10,18H,3,5,7,11-15H2,1-2H3,(H,26,27). The molecule has 0 spiro atoms. The van der Waals surface area contributed by atoms with Crippen LogP contribution in [-0.4, -0.2) is 65.0 Å². The summed E-state index contributed by atoms with van der Waals surface area (Å²) in [6, 6.07) is 8.69. The number of halogens is 1. The van der Waals surface area contributed by atoms with Crippen LogP contribution in [0.3, 0.4) is 0 Å². The zero-order valence-electron chi connectivity index (χ0n) is 17.7. The predicted molar refractivity (Wildman–Crippen MR) is 122 cm³/mol. The number of pyridine rings is 1. The molecule has 158 valence electrons. The third-order valence-electron chi connectivity index (χ3n) is 6.56. The van der Waals surface area contributed by atoms with Crippen molar-refractivity contribution in [2.75, 3.05) is 45.2 Å². The van der Waals surface area contributed by atoms with Gasteiger partial charge in [-0.1, -0.05) is 17.7 Å². The van der Waals surface area contributed by atoms with Crippen LogP contribution in [0, 0.1) is 0 Å². The van der Waals surface area contributed by atoms with E-state index in [0.29, 0.717) is 11.1 Å². The highest BCUT2D eigenvalue weighted by Gasteiger charge is 2.26. The lowest BCUT2D eigenvalue weighted by molar-refractivity contribution is 0.204. The number of benzene rings is 1. The number of aromatic amines is 1. The van der Waals surface area contributed by atoms with Gasteiger partial charge in [-0.05, 0) is 57.1 Å². The van der Waals surface area contributed by atoms with Crippen molar-refractivity contribution in [2.24, 2.45) is 0 Å². The Balaban J connectivity index is 1.42. The fourth-order valence-electron chi connectivity index (χ4n) is 4.84. The summed E-state index contributed by atoms with van der Waals surface area (Å²) in [6.07, 6.45) is 5.37. The van der Waals surface area contributed by atoms with Gasteiger partial charge in [0, 0.05) is 32.4 Å². The Labute approximate surface area is 182 Å². The van der Waals surface area contributed by atoms with Gasteiger partial charge in [-0.3, -0.25) is 9.88 Å². The first kappa shape index (κ1) is 19.8. The number of hydrogen-bond donors (Lipinski definition) is 1. The molecule has 2 aliphatic rings. The molecule has 1 atom stereocenters. The second-order valence-corrected chi connectivity index (χ2v) is 9.04. The molecule has 1 fully saturated rings. The second kappa shape index (κ2) is 8.17. The number of piperazine rings is 1. The SMILES string of the molecule is CN1CCN(c2ccc(Cl)c3nc(CN(C)C4CCCc5cccnc54)[nH]c23)CC1. The van der Waals surface area contributed by atoms with Gasteiger partial charge in [-0.2, -0.15) is 0 Å². The van der Waals surface area contributed by atoms with Crippen LogP contribution in [-0.2, 0) is 13.0 Å². The minimum Gasteiger partial charge on any atom is -0.367 e. The molecular weight excluding hydrogens is 396 g/mol. The number of fused-ring (bicyclic) bond motifs is 2. The number of aromatic nitrogens is 3. The predicted octanol–water partition coefficient (Wildman–Crippen LogP) is 3.87. The van der Waals surface area contributed by atoms with E-state index in [4.69, 9.17) is 21.6 Å². The third kappa shape index (κ3) is 3.68. The average molecular weight is 425 g/mol. The summed E-state index contributed by atoms with van der Waals surface area (Å²) in [5.74, 6) is 0.957. The molecule has 0 saturated carbocycles. The Morgan fingerprint density at radius 3 is 2.87 bits per heavy atom. The molecule has 2 aromatic heterocycles. The summed E-state index contributed by atoms with van der Waals surface area (Å²) in [5, 5.41) is 0.706. The molecule has 1 aliphatic carbocycles. The van der Waals surface area contributed by atoms with Crippen molar-refractivity contribution in [3.63, 3.8) is 0 Å². The normalized spacial score (nSPS) is 20.1. The van der Waals surface area contributed by atoms with E-state index in [0.717, 1.165) is 62.4 Å². The molecule has 1 saturated heterocycles. The van der Waals surface area contributed by atoms with Crippen molar-refractivity contribution in [1.82, 2.24) is 24.8 Å². The fourth-order valence-corrected chi connectivity index (χ4v) is 5.04. The van der Waals surface area contributed by atoms with Crippen molar-refractivity contribution < 1.29 is 0 Å². The maximum Gasteiger partial charge on any atom is 0.121 e. The number of H-pyrrole nitrogens is 1. The van der Waals surface area contributed by atoms with Gasteiger partial charge in [0.2, 0.25) is 0 Å². The maximum atomic E-state index is 6.52. The number of imidazole rings is 1. The van der Waals surface area contributed by atoms with Gasteiger partial charge in [-0.15, -0.1) is 0 Å². The highest BCUT2D eigenvalue weighted by atomic mass is 35.5. The van der Waals surface area contributed by atoms with Gasteiger partial charge in [0.25, 0.3) is 0 Å². The molecule has 0 radical (unpaired) electrons. The quantitative estimate of drug-likeness (QED) is 0.688. The van der Waals surface area contributed by atoms with Crippen molar-refractivity contribution in [3.05, 3.63) is 52.6 Å². The van der Waals surface area contributed by atoms with Crippen LogP contribution in [0.5, 0.6) is 0 Å². The van der Waals surface area contributed by atoms with E-state index < -0.39 is 0 Å². The first-order chi connectivity index (χ1) is 14.6. The van der Waals surface area contributed by atoms with Gasteiger partial charge >= 0.3 is 0 Å². The van der Waals surface area contributed by atoms with E-state index in [1.54, 1.807) is 0 Å². The molecule has 5 rings (SSSR count). The summed E-state index contributed by atoms with van der Waals surface area (Å²) in [7, 11) is 4.35. The monoisotopic (exact) mass is 424 g/mol. The zero-order chi connectivity index (χ0) is 20.7. The molecule has 6 nitrogen and oxygen atoms in total. The van der Waals surface area contributed by atoms with Gasteiger partial charge in [0.15, 0.2) is 0 Å². The van der Waals surface area contributed by atoms with Crippen LogP contribution >= 0.6 is 11.6 Å². The van der Waals surface area contributed by atoms with Crippen molar-refractivity contribution in [3.8, 4) is 0 Å². The summed E-state index contributed by atoms with van der Waals surface area (Å²) >= 11 is 6.52. The number of likely N-dealkylation sites (N-methyl/N-ethyl adjacent to an activating group) is 1.